The predicted molar refractivity (Wildman–Crippen MR) is 71.3 cm³/mol. The van der Waals surface area contributed by atoms with Gasteiger partial charge in [-0.05, 0) is 22.3 Å². The highest BCUT2D eigenvalue weighted by Crippen LogP contribution is 2.37. The molecular weight excluding hydrogens is 228 g/mol. The molecule has 0 saturated carbocycles. The van der Waals surface area contributed by atoms with Crippen LogP contribution in [-0.4, -0.2) is 16.2 Å². The molecule has 0 atom stereocenters. The number of benzene rings is 2. The van der Waals surface area contributed by atoms with E-state index in [1.54, 1.807) is 12.1 Å². The minimum Gasteiger partial charge on any atom is -0.507 e. The predicted octanol–water partition coefficient (Wildman–Crippen LogP) is 3.54. The number of carboxylic acid groups (broad SMARTS) is 1. The average molecular weight is 244 g/mol. The Morgan fingerprint density at radius 3 is 2.33 bits per heavy atom. The summed E-state index contributed by atoms with van der Waals surface area (Å²) >= 11 is 0. The van der Waals surface area contributed by atoms with Gasteiger partial charge >= 0.3 is 5.97 Å². The first-order chi connectivity index (χ1) is 8.32. The molecule has 0 radical (unpaired) electrons. The lowest BCUT2D eigenvalue weighted by molar-refractivity contribution is 0.0695. The van der Waals surface area contributed by atoms with Gasteiger partial charge in [0.25, 0.3) is 0 Å². The van der Waals surface area contributed by atoms with Crippen molar-refractivity contribution in [3.63, 3.8) is 0 Å². The van der Waals surface area contributed by atoms with E-state index in [1.807, 2.05) is 39.0 Å². The van der Waals surface area contributed by atoms with Crippen LogP contribution in [0.3, 0.4) is 0 Å². The third-order valence-corrected chi connectivity index (χ3v) is 3.04. The van der Waals surface area contributed by atoms with Crippen LogP contribution in [0, 0.1) is 0 Å². The van der Waals surface area contributed by atoms with Gasteiger partial charge < -0.3 is 10.2 Å². The van der Waals surface area contributed by atoms with E-state index >= 15 is 0 Å². The molecule has 0 fully saturated rings. The van der Waals surface area contributed by atoms with E-state index in [0.29, 0.717) is 10.9 Å². The Labute approximate surface area is 106 Å². The molecule has 0 heterocycles. The van der Waals surface area contributed by atoms with Gasteiger partial charge in [-0.3, -0.25) is 0 Å². The third-order valence-electron chi connectivity index (χ3n) is 3.04. The first kappa shape index (κ1) is 12.4. The summed E-state index contributed by atoms with van der Waals surface area (Å²) in [6.45, 7) is 5.84. The maximum absolute atomic E-state index is 11.4. The molecule has 0 saturated heterocycles. The Kier molecular flexibility index (Phi) is 2.77. The smallest absolute Gasteiger partial charge is 0.340 e. The van der Waals surface area contributed by atoms with E-state index in [1.165, 1.54) is 0 Å². The Bertz CT molecular complexity index is 621. The topological polar surface area (TPSA) is 57.5 Å². The number of hydrogen-bond acceptors (Lipinski definition) is 2. The highest BCUT2D eigenvalue weighted by atomic mass is 16.4. The van der Waals surface area contributed by atoms with Crippen molar-refractivity contribution >= 4 is 16.7 Å². The first-order valence-electron chi connectivity index (χ1n) is 5.81. The largest absolute Gasteiger partial charge is 0.507 e. The number of fused-ring (bicyclic) bond motifs is 1. The molecule has 94 valence electrons. The highest BCUT2D eigenvalue weighted by molar-refractivity contribution is 6.06. The standard InChI is InChI=1S/C15H16O3/c1-15(2,3)11-8-9-6-4-5-7-10(9)12(13(11)16)14(17)18/h4-8,16H,1-3H3,(H,17,18). The van der Waals surface area contributed by atoms with Crippen molar-refractivity contribution in [1.82, 2.24) is 0 Å². The molecule has 2 aromatic carbocycles. The van der Waals surface area contributed by atoms with E-state index in [2.05, 4.69) is 0 Å². The number of hydrogen-bond donors (Lipinski definition) is 2. The van der Waals surface area contributed by atoms with Crippen LogP contribution in [0.1, 0.15) is 36.7 Å². The van der Waals surface area contributed by atoms with E-state index < -0.39 is 5.97 Å². The highest BCUT2D eigenvalue weighted by Gasteiger charge is 2.24. The lowest BCUT2D eigenvalue weighted by Gasteiger charge is -2.22. The summed E-state index contributed by atoms with van der Waals surface area (Å²) in [5.74, 6) is -1.23. The van der Waals surface area contributed by atoms with Crippen molar-refractivity contribution in [2.75, 3.05) is 0 Å². The zero-order valence-electron chi connectivity index (χ0n) is 10.7. The minimum atomic E-state index is -1.10. The molecule has 2 rings (SSSR count). The van der Waals surface area contributed by atoms with Gasteiger partial charge in [0, 0.05) is 5.56 Å². The first-order valence-corrected chi connectivity index (χ1v) is 5.81. The molecule has 3 heteroatoms. The van der Waals surface area contributed by atoms with Gasteiger partial charge in [0.2, 0.25) is 0 Å². The fourth-order valence-electron chi connectivity index (χ4n) is 2.12. The van der Waals surface area contributed by atoms with Gasteiger partial charge in [-0.25, -0.2) is 4.79 Å². The number of carbonyl (C=O) groups is 1. The third kappa shape index (κ3) is 1.92. The molecule has 0 bridgehead atoms. The molecule has 2 N–H and O–H groups in total. The number of aromatic carboxylic acids is 1. The summed E-state index contributed by atoms with van der Waals surface area (Å²) in [6.07, 6.45) is 0. The zero-order chi connectivity index (χ0) is 13.5. The molecule has 3 nitrogen and oxygen atoms in total. The maximum atomic E-state index is 11.4. The van der Waals surface area contributed by atoms with Gasteiger partial charge in [0.15, 0.2) is 0 Å². The molecule has 0 aliphatic rings. The average Bonchev–Trinajstić information content (AvgIpc) is 2.26. The van der Waals surface area contributed by atoms with Crippen LogP contribution in [0.5, 0.6) is 5.75 Å². The molecule has 0 aliphatic carbocycles. The molecule has 0 aliphatic heterocycles. The van der Waals surface area contributed by atoms with Gasteiger partial charge in [-0.2, -0.15) is 0 Å². The molecule has 18 heavy (non-hydrogen) atoms. The van der Waals surface area contributed by atoms with Gasteiger partial charge in [0.05, 0.1) is 0 Å². The van der Waals surface area contributed by atoms with Gasteiger partial charge in [-0.1, -0.05) is 45.0 Å². The van der Waals surface area contributed by atoms with Gasteiger partial charge in [-0.15, -0.1) is 0 Å². The van der Waals surface area contributed by atoms with Crippen molar-refractivity contribution < 1.29 is 15.0 Å². The molecule has 0 amide bonds. The maximum Gasteiger partial charge on any atom is 0.340 e. The van der Waals surface area contributed by atoms with Crippen LogP contribution in [0.25, 0.3) is 10.8 Å². The summed E-state index contributed by atoms with van der Waals surface area (Å²) in [5.41, 5.74) is 0.329. The summed E-state index contributed by atoms with van der Waals surface area (Å²) in [4.78, 5) is 11.4. The molecular formula is C15H16O3. The normalized spacial score (nSPS) is 11.7. The van der Waals surface area contributed by atoms with Crippen LogP contribution in [0.15, 0.2) is 30.3 Å². The Morgan fingerprint density at radius 2 is 1.78 bits per heavy atom. The summed E-state index contributed by atoms with van der Waals surface area (Å²) in [5, 5.41) is 20.9. The SMILES string of the molecule is CC(C)(C)c1cc2ccccc2c(C(=O)O)c1O. The molecule has 0 spiro atoms. The van der Waals surface area contributed by atoms with Gasteiger partial charge in [0.1, 0.15) is 11.3 Å². The number of carboxylic acids is 1. The van der Waals surface area contributed by atoms with Crippen LogP contribution in [-0.2, 0) is 5.41 Å². The fourth-order valence-corrected chi connectivity index (χ4v) is 2.12. The minimum absolute atomic E-state index is 0.0157. The van der Waals surface area contributed by atoms with Crippen LogP contribution < -0.4 is 0 Å². The van der Waals surface area contributed by atoms with E-state index in [-0.39, 0.29) is 16.7 Å². The quantitative estimate of drug-likeness (QED) is 0.806. The van der Waals surface area contributed by atoms with Crippen molar-refractivity contribution in [3.05, 3.63) is 41.5 Å². The fraction of sp³-hybridized carbons (Fsp3) is 0.267. The number of phenols is 1. The second-order valence-electron chi connectivity index (χ2n) is 5.42. The summed E-state index contributed by atoms with van der Waals surface area (Å²) in [7, 11) is 0. The number of rotatable bonds is 1. The monoisotopic (exact) mass is 244 g/mol. The second kappa shape index (κ2) is 4.02. The second-order valence-corrected chi connectivity index (χ2v) is 5.42. The lowest BCUT2D eigenvalue weighted by atomic mass is 9.83. The van der Waals surface area contributed by atoms with Crippen molar-refractivity contribution in [2.45, 2.75) is 26.2 Å². The molecule has 2 aromatic rings. The van der Waals surface area contributed by atoms with E-state index in [0.717, 1.165) is 5.39 Å². The molecule has 0 aromatic heterocycles. The van der Waals surface area contributed by atoms with Crippen LogP contribution >= 0.6 is 0 Å². The number of aromatic hydroxyl groups is 1. The summed E-state index contributed by atoms with van der Waals surface area (Å²) in [6, 6.07) is 9.06. The Balaban J connectivity index is 2.93. The van der Waals surface area contributed by atoms with Crippen LogP contribution in [0.4, 0.5) is 0 Å². The van der Waals surface area contributed by atoms with E-state index in [9.17, 15) is 15.0 Å². The van der Waals surface area contributed by atoms with Crippen molar-refractivity contribution in [3.8, 4) is 5.75 Å². The van der Waals surface area contributed by atoms with E-state index in [4.69, 9.17) is 0 Å². The van der Waals surface area contributed by atoms with Crippen molar-refractivity contribution in [2.24, 2.45) is 0 Å². The Morgan fingerprint density at radius 1 is 1.17 bits per heavy atom. The lowest BCUT2D eigenvalue weighted by Crippen LogP contribution is -2.13. The molecule has 0 unspecified atom stereocenters. The zero-order valence-corrected chi connectivity index (χ0v) is 10.7. The Hall–Kier alpha value is -2.03. The van der Waals surface area contributed by atoms with Crippen molar-refractivity contribution in [1.29, 1.82) is 0 Å². The van der Waals surface area contributed by atoms with Crippen LogP contribution in [0.2, 0.25) is 0 Å². The summed E-state index contributed by atoms with van der Waals surface area (Å²) < 4.78 is 0.